The molecule has 2 fully saturated rings. The molecule has 0 amide bonds. The van der Waals surface area contributed by atoms with Gasteiger partial charge < -0.3 is 4.74 Å². The Morgan fingerprint density at radius 3 is 2.67 bits per heavy atom. The van der Waals surface area contributed by atoms with E-state index in [1.165, 1.54) is 19.3 Å². The van der Waals surface area contributed by atoms with Crippen LogP contribution in [0.15, 0.2) is 24.3 Å². The molecular weight excluding hydrogens is 226 g/mol. The molecule has 1 heterocycles. The van der Waals surface area contributed by atoms with Gasteiger partial charge in [0, 0.05) is 18.2 Å². The van der Waals surface area contributed by atoms with E-state index < -0.39 is 0 Å². The van der Waals surface area contributed by atoms with E-state index in [4.69, 9.17) is 4.74 Å². The summed E-state index contributed by atoms with van der Waals surface area (Å²) in [7, 11) is 1.64. The van der Waals surface area contributed by atoms with Crippen molar-refractivity contribution in [3.63, 3.8) is 0 Å². The molecule has 3 rings (SSSR count). The zero-order valence-electron chi connectivity index (χ0n) is 10.8. The van der Waals surface area contributed by atoms with Crippen LogP contribution in [0.2, 0.25) is 0 Å². The molecule has 1 aromatic rings. The third-order valence-corrected chi connectivity index (χ3v) is 4.28. The number of carbonyl (C=O) groups excluding carboxylic acids is 1. The molecule has 2 atom stereocenters. The Balaban J connectivity index is 1.64. The molecule has 0 spiro atoms. The second-order valence-corrected chi connectivity index (χ2v) is 5.41. The largest absolute Gasteiger partial charge is 0.497 e. The number of likely N-dealkylation sites (tertiary alicyclic amines) is 1. The van der Waals surface area contributed by atoms with Crippen LogP contribution < -0.4 is 4.74 Å². The van der Waals surface area contributed by atoms with E-state index in [0.29, 0.717) is 12.6 Å². The van der Waals surface area contributed by atoms with Crippen LogP contribution in [0.25, 0.3) is 0 Å². The van der Waals surface area contributed by atoms with E-state index in [0.717, 1.165) is 23.8 Å². The summed E-state index contributed by atoms with van der Waals surface area (Å²) in [5, 5.41) is 0. The SMILES string of the molecule is COc1ccc(C(=O)CN2CC3CCC2C3)cc1. The van der Waals surface area contributed by atoms with Gasteiger partial charge in [0.2, 0.25) is 0 Å². The topological polar surface area (TPSA) is 29.5 Å². The highest BCUT2D eigenvalue weighted by Gasteiger charge is 2.38. The summed E-state index contributed by atoms with van der Waals surface area (Å²) in [6.45, 7) is 1.69. The quantitative estimate of drug-likeness (QED) is 0.763. The number of Topliss-reactive ketones (excluding diaryl/α,β-unsaturated/α-hetero) is 1. The Morgan fingerprint density at radius 1 is 1.33 bits per heavy atom. The normalized spacial score (nSPS) is 26.5. The number of piperidine rings is 1. The van der Waals surface area contributed by atoms with Crippen LogP contribution in [-0.4, -0.2) is 36.9 Å². The van der Waals surface area contributed by atoms with Crippen molar-refractivity contribution in [1.82, 2.24) is 4.90 Å². The molecule has 2 bridgehead atoms. The molecule has 2 unspecified atom stereocenters. The molecule has 1 aliphatic carbocycles. The lowest BCUT2D eigenvalue weighted by molar-refractivity contribution is 0.0905. The Kier molecular flexibility index (Phi) is 3.08. The first-order chi connectivity index (χ1) is 8.76. The van der Waals surface area contributed by atoms with Gasteiger partial charge in [0.1, 0.15) is 5.75 Å². The number of fused-ring (bicyclic) bond motifs is 2. The van der Waals surface area contributed by atoms with Crippen LogP contribution in [0.4, 0.5) is 0 Å². The lowest BCUT2D eigenvalue weighted by Gasteiger charge is -2.25. The summed E-state index contributed by atoms with van der Waals surface area (Å²) in [5.74, 6) is 1.87. The standard InChI is InChI=1S/C15H19NO2/c1-18-14-6-3-12(4-7-14)15(17)10-16-9-11-2-5-13(16)8-11/h3-4,6-7,11,13H,2,5,8-10H2,1H3. The number of hydrogen-bond acceptors (Lipinski definition) is 3. The van der Waals surface area contributed by atoms with Gasteiger partial charge in [-0.1, -0.05) is 0 Å². The second-order valence-electron chi connectivity index (χ2n) is 5.41. The summed E-state index contributed by atoms with van der Waals surface area (Å²) in [6, 6.07) is 8.08. The number of methoxy groups -OCH3 is 1. The first-order valence-electron chi connectivity index (χ1n) is 6.67. The summed E-state index contributed by atoms with van der Waals surface area (Å²) >= 11 is 0. The van der Waals surface area contributed by atoms with Gasteiger partial charge in [-0.2, -0.15) is 0 Å². The van der Waals surface area contributed by atoms with Crippen molar-refractivity contribution in [2.75, 3.05) is 20.2 Å². The van der Waals surface area contributed by atoms with Crippen LogP contribution >= 0.6 is 0 Å². The molecule has 1 aliphatic heterocycles. The molecule has 0 aromatic heterocycles. The molecule has 3 nitrogen and oxygen atoms in total. The molecule has 1 saturated carbocycles. The fraction of sp³-hybridized carbons (Fsp3) is 0.533. The fourth-order valence-electron chi connectivity index (χ4n) is 3.27. The molecule has 96 valence electrons. The average Bonchev–Trinajstić information content (AvgIpc) is 3.01. The zero-order valence-corrected chi connectivity index (χ0v) is 10.8. The van der Waals surface area contributed by atoms with Crippen molar-refractivity contribution in [2.24, 2.45) is 5.92 Å². The maximum Gasteiger partial charge on any atom is 0.176 e. The third kappa shape index (κ3) is 2.15. The number of hydrogen-bond donors (Lipinski definition) is 0. The first-order valence-corrected chi connectivity index (χ1v) is 6.67. The van der Waals surface area contributed by atoms with Gasteiger partial charge in [0.25, 0.3) is 0 Å². The van der Waals surface area contributed by atoms with Crippen molar-refractivity contribution in [2.45, 2.75) is 25.3 Å². The lowest BCUT2D eigenvalue weighted by atomic mass is 10.1. The van der Waals surface area contributed by atoms with Gasteiger partial charge in [-0.05, 0) is 49.4 Å². The van der Waals surface area contributed by atoms with Crippen molar-refractivity contribution in [3.05, 3.63) is 29.8 Å². The predicted octanol–water partition coefficient (Wildman–Crippen LogP) is 2.36. The Bertz CT molecular complexity index is 440. The average molecular weight is 245 g/mol. The first kappa shape index (κ1) is 11.7. The maximum atomic E-state index is 12.2. The summed E-state index contributed by atoms with van der Waals surface area (Å²) in [4.78, 5) is 14.6. The number of ketones is 1. The number of carbonyl (C=O) groups is 1. The molecule has 2 aliphatic rings. The fourth-order valence-corrected chi connectivity index (χ4v) is 3.27. The van der Waals surface area contributed by atoms with Gasteiger partial charge in [-0.25, -0.2) is 0 Å². The van der Waals surface area contributed by atoms with E-state index >= 15 is 0 Å². The molecule has 3 heteroatoms. The van der Waals surface area contributed by atoms with Gasteiger partial charge in [-0.15, -0.1) is 0 Å². The number of rotatable bonds is 4. The molecular formula is C15H19NO2. The van der Waals surface area contributed by atoms with E-state index in [2.05, 4.69) is 4.90 Å². The Labute approximate surface area is 108 Å². The monoisotopic (exact) mass is 245 g/mol. The summed E-state index contributed by atoms with van der Waals surface area (Å²) < 4.78 is 5.10. The minimum Gasteiger partial charge on any atom is -0.497 e. The van der Waals surface area contributed by atoms with Crippen molar-refractivity contribution < 1.29 is 9.53 Å². The van der Waals surface area contributed by atoms with Gasteiger partial charge >= 0.3 is 0 Å². The highest BCUT2D eigenvalue weighted by Crippen LogP contribution is 2.37. The number of benzene rings is 1. The minimum absolute atomic E-state index is 0.227. The Hall–Kier alpha value is -1.35. The van der Waals surface area contributed by atoms with Crippen LogP contribution in [-0.2, 0) is 0 Å². The molecule has 0 N–H and O–H groups in total. The maximum absolute atomic E-state index is 12.2. The van der Waals surface area contributed by atoms with Crippen molar-refractivity contribution in [3.8, 4) is 5.75 Å². The molecule has 18 heavy (non-hydrogen) atoms. The third-order valence-electron chi connectivity index (χ3n) is 4.28. The van der Waals surface area contributed by atoms with Crippen molar-refractivity contribution >= 4 is 5.78 Å². The predicted molar refractivity (Wildman–Crippen MR) is 70.0 cm³/mol. The van der Waals surface area contributed by atoms with Gasteiger partial charge in [-0.3, -0.25) is 9.69 Å². The molecule has 0 radical (unpaired) electrons. The second kappa shape index (κ2) is 4.73. The number of nitrogens with zero attached hydrogens (tertiary/aromatic N) is 1. The van der Waals surface area contributed by atoms with Crippen LogP contribution in [0.1, 0.15) is 29.6 Å². The van der Waals surface area contributed by atoms with Crippen LogP contribution in [0, 0.1) is 5.92 Å². The Morgan fingerprint density at radius 2 is 2.11 bits per heavy atom. The minimum atomic E-state index is 0.227. The smallest absolute Gasteiger partial charge is 0.176 e. The lowest BCUT2D eigenvalue weighted by Crippen LogP contribution is -2.36. The van der Waals surface area contributed by atoms with Crippen molar-refractivity contribution in [1.29, 1.82) is 0 Å². The number of ether oxygens (including phenoxy) is 1. The van der Waals surface area contributed by atoms with E-state index in [1.54, 1.807) is 7.11 Å². The highest BCUT2D eigenvalue weighted by atomic mass is 16.5. The highest BCUT2D eigenvalue weighted by molar-refractivity contribution is 5.97. The molecule has 1 aromatic carbocycles. The van der Waals surface area contributed by atoms with Gasteiger partial charge in [0.05, 0.1) is 13.7 Å². The van der Waals surface area contributed by atoms with E-state index in [1.807, 2.05) is 24.3 Å². The zero-order chi connectivity index (χ0) is 12.5. The summed E-state index contributed by atoms with van der Waals surface area (Å²) in [6.07, 6.45) is 3.94. The molecule has 1 saturated heterocycles. The van der Waals surface area contributed by atoms with Gasteiger partial charge in [0.15, 0.2) is 5.78 Å². The van der Waals surface area contributed by atoms with E-state index in [-0.39, 0.29) is 5.78 Å². The van der Waals surface area contributed by atoms with Crippen LogP contribution in [0.3, 0.4) is 0 Å². The van der Waals surface area contributed by atoms with E-state index in [9.17, 15) is 4.79 Å². The summed E-state index contributed by atoms with van der Waals surface area (Å²) in [5.41, 5.74) is 0.790. The van der Waals surface area contributed by atoms with Crippen LogP contribution in [0.5, 0.6) is 5.75 Å².